The highest BCUT2D eigenvalue weighted by atomic mass is 35.5. The van der Waals surface area contributed by atoms with Gasteiger partial charge in [-0.3, -0.25) is 4.79 Å². The zero-order chi connectivity index (χ0) is 25.5. The minimum absolute atomic E-state index is 0.129. The molecule has 1 aliphatic carbocycles. The fraction of sp³-hybridized carbons (Fsp3) is 0.704. The van der Waals surface area contributed by atoms with E-state index in [4.69, 9.17) is 22.1 Å². The molecule has 8 nitrogen and oxygen atoms in total. The van der Waals surface area contributed by atoms with E-state index in [1.54, 1.807) is 12.1 Å². The van der Waals surface area contributed by atoms with E-state index in [-0.39, 0.29) is 18.0 Å². The molecule has 36 heavy (non-hydrogen) atoms. The number of carbonyl (C=O) groups is 2. The van der Waals surface area contributed by atoms with Crippen molar-refractivity contribution in [2.24, 2.45) is 5.92 Å². The summed E-state index contributed by atoms with van der Waals surface area (Å²) in [5, 5.41) is 6.78. The van der Waals surface area contributed by atoms with Gasteiger partial charge in [-0.2, -0.15) is 0 Å². The van der Waals surface area contributed by atoms with Gasteiger partial charge >= 0.3 is 6.03 Å². The van der Waals surface area contributed by atoms with Crippen LogP contribution in [0.15, 0.2) is 12.1 Å². The molecule has 0 spiro atoms. The van der Waals surface area contributed by atoms with E-state index < -0.39 is 0 Å². The number of hydrogen-bond donors (Lipinski definition) is 3. The molecule has 2 heterocycles. The number of nitrogens with two attached hydrogens (primary N) is 1. The Bertz CT molecular complexity index is 890. The average molecular weight is 520 g/mol. The predicted molar refractivity (Wildman–Crippen MR) is 144 cm³/mol. The van der Waals surface area contributed by atoms with Crippen LogP contribution in [-0.2, 0) is 0 Å². The van der Waals surface area contributed by atoms with Crippen molar-refractivity contribution in [1.82, 2.24) is 20.4 Å². The summed E-state index contributed by atoms with van der Waals surface area (Å²) < 4.78 is 5.32. The van der Waals surface area contributed by atoms with Gasteiger partial charge in [-0.15, -0.1) is 0 Å². The molecule has 4 rings (SSSR count). The number of amides is 3. The molecule has 0 radical (unpaired) electrons. The van der Waals surface area contributed by atoms with E-state index >= 15 is 0 Å². The number of ether oxygens (including phenoxy) is 1. The zero-order valence-corrected chi connectivity index (χ0v) is 22.3. The van der Waals surface area contributed by atoms with Gasteiger partial charge in [0.25, 0.3) is 5.91 Å². The molecule has 4 N–H and O–H groups in total. The summed E-state index contributed by atoms with van der Waals surface area (Å²) in [4.78, 5) is 30.1. The maximum Gasteiger partial charge on any atom is 0.317 e. The molecule has 2 aliphatic heterocycles. The minimum Gasteiger partial charge on any atom is -0.496 e. The van der Waals surface area contributed by atoms with Crippen LogP contribution in [0.2, 0.25) is 5.02 Å². The van der Waals surface area contributed by atoms with Crippen molar-refractivity contribution in [1.29, 1.82) is 0 Å². The number of carbonyl (C=O) groups excluding carboxylic acids is 2. The molecule has 3 amide bonds. The number of halogens is 1. The van der Waals surface area contributed by atoms with Crippen molar-refractivity contribution >= 4 is 29.2 Å². The van der Waals surface area contributed by atoms with Crippen LogP contribution < -0.4 is 21.1 Å². The third-order valence-electron chi connectivity index (χ3n) is 8.09. The normalized spacial score (nSPS) is 21.1. The Hall–Kier alpha value is -2.19. The fourth-order valence-corrected chi connectivity index (χ4v) is 5.98. The van der Waals surface area contributed by atoms with Gasteiger partial charge in [0.2, 0.25) is 0 Å². The van der Waals surface area contributed by atoms with Crippen LogP contribution in [0.3, 0.4) is 0 Å². The van der Waals surface area contributed by atoms with Crippen molar-refractivity contribution in [3.05, 3.63) is 22.7 Å². The van der Waals surface area contributed by atoms with Gasteiger partial charge in [0, 0.05) is 50.9 Å². The van der Waals surface area contributed by atoms with Crippen molar-refractivity contribution in [3.8, 4) is 5.75 Å². The van der Waals surface area contributed by atoms with E-state index in [9.17, 15) is 9.59 Å². The number of nitrogens with zero attached hydrogens (tertiary/aromatic N) is 2. The number of piperidine rings is 2. The summed E-state index contributed by atoms with van der Waals surface area (Å²) in [6, 6.07) is 3.79. The molecule has 9 heteroatoms. The van der Waals surface area contributed by atoms with Crippen LogP contribution in [0.4, 0.5) is 10.5 Å². The molecule has 0 aromatic heterocycles. The number of likely N-dealkylation sites (tertiary alicyclic amines) is 2. The lowest BCUT2D eigenvalue weighted by Gasteiger charge is -2.38. The second-order valence-electron chi connectivity index (χ2n) is 10.7. The smallest absolute Gasteiger partial charge is 0.317 e. The van der Waals surface area contributed by atoms with Gasteiger partial charge in [0.1, 0.15) is 5.75 Å². The zero-order valence-electron chi connectivity index (χ0n) is 21.6. The third kappa shape index (κ3) is 7.19. The van der Waals surface area contributed by atoms with Crippen LogP contribution in [0.25, 0.3) is 0 Å². The Balaban J connectivity index is 1.16. The molecule has 1 aromatic carbocycles. The van der Waals surface area contributed by atoms with E-state index in [0.29, 0.717) is 34.0 Å². The molecule has 200 valence electrons. The molecule has 1 aromatic rings. The summed E-state index contributed by atoms with van der Waals surface area (Å²) >= 11 is 6.12. The summed E-state index contributed by atoms with van der Waals surface area (Å²) in [6.07, 6.45) is 11.3. The van der Waals surface area contributed by atoms with Gasteiger partial charge in [-0.05, 0) is 50.5 Å². The molecule has 0 atom stereocenters. The highest BCUT2D eigenvalue weighted by Crippen LogP contribution is 2.29. The van der Waals surface area contributed by atoms with Crippen molar-refractivity contribution in [2.75, 3.05) is 45.6 Å². The number of nitrogens with one attached hydrogen (secondary N) is 2. The first kappa shape index (κ1) is 26.9. The van der Waals surface area contributed by atoms with Crippen LogP contribution in [0, 0.1) is 5.92 Å². The summed E-state index contributed by atoms with van der Waals surface area (Å²) in [6.45, 7) is 4.70. The van der Waals surface area contributed by atoms with E-state index in [2.05, 4.69) is 15.5 Å². The molecule has 3 fully saturated rings. The molecule has 0 unspecified atom stereocenters. The van der Waals surface area contributed by atoms with Crippen LogP contribution in [0.1, 0.15) is 74.6 Å². The Morgan fingerprint density at radius 2 is 1.58 bits per heavy atom. The van der Waals surface area contributed by atoms with Gasteiger partial charge in [-0.25, -0.2) is 4.79 Å². The molecule has 0 bridgehead atoms. The van der Waals surface area contributed by atoms with Crippen molar-refractivity contribution in [3.63, 3.8) is 0 Å². The van der Waals surface area contributed by atoms with Crippen molar-refractivity contribution in [2.45, 2.75) is 76.3 Å². The molecule has 1 saturated carbocycles. The number of benzene rings is 1. The SMILES string of the molecule is COc1cc(N)c(Cl)cc1C(=O)NC1CCN(CC2CCN(C(=O)NC3CCCCCC3)CC2)CC1. The van der Waals surface area contributed by atoms with E-state index in [1.807, 2.05) is 4.90 Å². The van der Waals surface area contributed by atoms with Crippen LogP contribution in [0.5, 0.6) is 5.75 Å². The number of nitrogen functional groups attached to an aromatic ring is 1. The number of methoxy groups -OCH3 is 1. The van der Waals surface area contributed by atoms with Gasteiger partial charge in [0.05, 0.1) is 23.4 Å². The number of urea groups is 1. The largest absolute Gasteiger partial charge is 0.496 e. The lowest BCUT2D eigenvalue weighted by Crippen LogP contribution is -2.50. The number of rotatable bonds is 6. The second-order valence-corrected chi connectivity index (χ2v) is 11.1. The third-order valence-corrected chi connectivity index (χ3v) is 8.41. The molecule has 3 aliphatic rings. The minimum atomic E-state index is -0.179. The lowest BCUT2D eigenvalue weighted by molar-refractivity contribution is 0.0891. The number of anilines is 1. The van der Waals surface area contributed by atoms with Crippen molar-refractivity contribution < 1.29 is 14.3 Å². The summed E-state index contributed by atoms with van der Waals surface area (Å²) in [7, 11) is 1.52. The van der Waals surface area contributed by atoms with Crippen LogP contribution >= 0.6 is 11.6 Å². The Morgan fingerprint density at radius 3 is 2.22 bits per heavy atom. The quantitative estimate of drug-likeness (QED) is 0.385. The van der Waals surface area contributed by atoms with Gasteiger partial charge < -0.3 is 30.9 Å². The first-order chi connectivity index (χ1) is 17.4. The average Bonchev–Trinajstić information content (AvgIpc) is 3.15. The Morgan fingerprint density at radius 1 is 0.944 bits per heavy atom. The lowest BCUT2D eigenvalue weighted by atomic mass is 9.94. The molecular formula is C27H42ClN5O3. The molecular weight excluding hydrogens is 478 g/mol. The maximum absolute atomic E-state index is 12.8. The first-order valence-corrected chi connectivity index (χ1v) is 14.0. The fourth-order valence-electron chi connectivity index (χ4n) is 5.81. The van der Waals surface area contributed by atoms with Gasteiger partial charge in [0.15, 0.2) is 0 Å². The monoisotopic (exact) mass is 519 g/mol. The molecule has 2 saturated heterocycles. The van der Waals surface area contributed by atoms with Gasteiger partial charge in [-0.1, -0.05) is 37.3 Å². The summed E-state index contributed by atoms with van der Waals surface area (Å²) in [5.74, 6) is 0.877. The van der Waals surface area contributed by atoms with E-state index in [0.717, 1.165) is 71.2 Å². The first-order valence-electron chi connectivity index (χ1n) is 13.6. The second kappa shape index (κ2) is 12.9. The predicted octanol–water partition coefficient (Wildman–Crippen LogP) is 4.27. The highest BCUT2D eigenvalue weighted by molar-refractivity contribution is 6.33. The standard InChI is InChI=1S/C27H42ClN5O3/c1-36-25-17-24(29)23(28)16-22(25)26(34)30-21-10-12-32(13-11-21)18-19-8-14-33(15-9-19)27(35)31-20-6-4-2-3-5-7-20/h16-17,19-21H,2-15,18,29H2,1H3,(H,30,34)(H,31,35). The van der Waals surface area contributed by atoms with E-state index in [1.165, 1.54) is 32.8 Å². The summed E-state index contributed by atoms with van der Waals surface area (Å²) in [5.41, 5.74) is 6.64. The maximum atomic E-state index is 12.8. The highest BCUT2D eigenvalue weighted by Gasteiger charge is 2.28. The topological polar surface area (TPSA) is 99.9 Å². The Labute approximate surface area is 220 Å². The Kier molecular flexibility index (Phi) is 9.60. The number of hydrogen-bond acceptors (Lipinski definition) is 5. The van der Waals surface area contributed by atoms with Crippen LogP contribution in [-0.4, -0.2) is 73.7 Å².